The summed E-state index contributed by atoms with van der Waals surface area (Å²) < 4.78 is 4.46. The maximum atomic E-state index is 10.8. The van der Waals surface area contributed by atoms with E-state index in [-0.39, 0.29) is 5.97 Å². The summed E-state index contributed by atoms with van der Waals surface area (Å²) in [6, 6.07) is 6.63. The van der Waals surface area contributed by atoms with E-state index in [1.807, 2.05) is 0 Å². The number of nitrogens with two attached hydrogens (primary N) is 1. The molecule has 6 heteroatoms. The van der Waals surface area contributed by atoms with Gasteiger partial charge in [-0.2, -0.15) is 0 Å². The molecule has 2 heterocycles. The lowest BCUT2D eigenvalue weighted by Crippen LogP contribution is -2.10. The Balaban J connectivity index is 0.000000191. The minimum atomic E-state index is -0.442. The van der Waals surface area contributed by atoms with Gasteiger partial charge in [-0.3, -0.25) is 14.8 Å². The predicted octanol–water partition coefficient (Wildman–Crippen LogP) is 1.05. The van der Waals surface area contributed by atoms with E-state index in [2.05, 4.69) is 14.7 Å². The van der Waals surface area contributed by atoms with Gasteiger partial charge < -0.3 is 10.5 Å². The Hall–Kier alpha value is -2.76. The molecule has 98 valence electrons. The fourth-order valence-electron chi connectivity index (χ4n) is 1.11. The number of amides is 1. The third-order valence-corrected chi connectivity index (χ3v) is 2.03. The van der Waals surface area contributed by atoms with Crippen molar-refractivity contribution in [3.8, 4) is 0 Å². The van der Waals surface area contributed by atoms with Gasteiger partial charge in [0.05, 0.1) is 18.2 Å². The van der Waals surface area contributed by atoms with Gasteiger partial charge in [0.25, 0.3) is 0 Å². The van der Waals surface area contributed by atoms with Gasteiger partial charge in [0.1, 0.15) is 0 Å². The highest BCUT2D eigenvalue weighted by Crippen LogP contribution is 1.96. The maximum absolute atomic E-state index is 10.8. The topological polar surface area (TPSA) is 95.2 Å². The summed E-state index contributed by atoms with van der Waals surface area (Å²) in [6.07, 6.45) is 6.09. The van der Waals surface area contributed by atoms with E-state index in [1.165, 1.54) is 19.5 Å². The van der Waals surface area contributed by atoms with Crippen molar-refractivity contribution in [2.45, 2.75) is 0 Å². The number of ether oxygens (including phenoxy) is 1. The monoisotopic (exact) mass is 259 g/mol. The summed E-state index contributed by atoms with van der Waals surface area (Å²) in [5.41, 5.74) is 5.85. The number of methoxy groups -OCH3 is 1. The SMILES string of the molecule is COC(=O)c1cccnc1.NC(=O)c1cccnc1. The van der Waals surface area contributed by atoms with Crippen LogP contribution in [0, 0.1) is 0 Å². The van der Waals surface area contributed by atoms with Crippen LogP contribution in [-0.2, 0) is 4.74 Å². The Morgan fingerprint density at radius 1 is 1.05 bits per heavy atom. The number of carbonyl (C=O) groups excluding carboxylic acids is 2. The van der Waals surface area contributed by atoms with Crippen LogP contribution in [0.25, 0.3) is 0 Å². The summed E-state index contributed by atoms with van der Waals surface area (Å²) in [7, 11) is 1.34. The minimum Gasteiger partial charge on any atom is -0.465 e. The molecule has 1 amide bonds. The van der Waals surface area contributed by atoms with Crippen molar-refractivity contribution in [2.24, 2.45) is 5.73 Å². The van der Waals surface area contributed by atoms with Gasteiger partial charge in [-0.15, -0.1) is 0 Å². The number of hydrogen-bond donors (Lipinski definition) is 1. The molecule has 0 aliphatic rings. The maximum Gasteiger partial charge on any atom is 0.339 e. The second kappa shape index (κ2) is 7.54. The molecule has 0 radical (unpaired) electrons. The molecule has 0 saturated carbocycles. The molecule has 6 nitrogen and oxygen atoms in total. The van der Waals surface area contributed by atoms with Crippen LogP contribution in [0.15, 0.2) is 49.1 Å². The number of carbonyl (C=O) groups is 2. The van der Waals surface area contributed by atoms with Crippen LogP contribution in [0.4, 0.5) is 0 Å². The first-order valence-corrected chi connectivity index (χ1v) is 5.33. The average molecular weight is 259 g/mol. The highest BCUT2D eigenvalue weighted by Gasteiger charge is 2.01. The van der Waals surface area contributed by atoms with Crippen LogP contribution in [-0.4, -0.2) is 29.0 Å². The normalized spacial score (nSPS) is 8.89. The summed E-state index contributed by atoms with van der Waals surface area (Å²) in [6.45, 7) is 0. The zero-order chi connectivity index (χ0) is 14.1. The Labute approximate surface area is 110 Å². The largest absolute Gasteiger partial charge is 0.465 e. The quantitative estimate of drug-likeness (QED) is 0.813. The van der Waals surface area contributed by atoms with Crippen molar-refractivity contribution in [3.63, 3.8) is 0 Å². The zero-order valence-corrected chi connectivity index (χ0v) is 10.3. The predicted molar refractivity (Wildman–Crippen MR) is 68.3 cm³/mol. The van der Waals surface area contributed by atoms with Crippen molar-refractivity contribution >= 4 is 11.9 Å². The average Bonchev–Trinajstić information content (AvgIpc) is 2.49. The van der Waals surface area contributed by atoms with Crippen LogP contribution >= 0.6 is 0 Å². The third-order valence-electron chi connectivity index (χ3n) is 2.03. The molecule has 0 aromatic carbocycles. The van der Waals surface area contributed by atoms with Gasteiger partial charge in [-0.25, -0.2) is 4.79 Å². The van der Waals surface area contributed by atoms with E-state index < -0.39 is 5.91 Å². The molecule has 0 bridgehead atoms. The van der Waals surface area contributed by atoms with Crippen LogP contribution in [0.3, 0.4) is 0 Å². The fourth-order valence-corrected chi connectivity index (χ4v) is 1.11. The van der Waals surface area contributed by atoms with E-state index in [9.17, 15) is 9.59 Å². The first-order valence-electron chi connectivity index (χ1n) is 5.33. The molecule has 2 rings (SSSR count). The Morgan fingerprint density at radius 3 is 1.89 bits per heavy atom. The Kier molecular flexibility index (Phi) is 5.68. The van der Waals surface area contributed by atoms with Gasteiger partial charge in [0.15, 0.2) is 0 Å². The summed E-state index contributed by atoms with van der Waals surface area (Å²) in [5.74, 6) is -0.795. The van der Waals surface area contributed by atoms with Gasteiger partial charge in [0.2, 0.25) is 5.91 Å². The van der Waals surface area contributed by atoms with E-state index in [4.69, 9.17) is 5.73 Å². The summed E-state index contributed by atoms with van der Waals surface area (Å²) in [5, 5.41) is 0. The molecular weight excluding hydrogens is 246 g/mol. The van der Waals surface area contributed by atoms with E-state index >= 15 is 0 Å². The van der Waals surface area contributed by atoms with E-state index in [1.54, 1.807) is 36.7 Å². The third kappa shape index (κ3) is 4.95. The lowest BCUT2D eigenvalue weighted by Gasteiger charge is -1.94. The van der Waals surface area contributed by atoms with Crippen molar-refractivity contribution in [1.82, 2.24) is 9.97 Å². The number of rotatable bonds is 2. The van der Waals surface area contributed by atoms with Gasteiger partial charge in [0, 0.05) is 24.8 Å². The smallest absolute Gasteiger partial charge is 0.339 e. The van der Waals surface area contributed by atoms with Crippen molar-refractivity contribution in [2.75, 3.05) is 7.11 Å². The molecule has 19 heavy (non-hydrogen) atoms. The van der Waals surface area contributed by atoms with Gasteiger partial charge >= 0.3 is 5.97 Å². The van der Waals surface area contributed by atoms with Crippen molar-refractivity contribution in [3.05, 3.63) is 60.2 Å². The van der Waals surface area contributed by atoms with Crippen molar-refractivity contribution in [1.29, 1.82) is 0 Å². The molecule has 0 atom stereocenters. The molecule has 0 fully saturated rings. The molecule has 0 aliphatic carbocycles. The lowest BCUT2D eigenvalue weighted by atomic mass is 10.3. The minimum absolute atomic E-state index is 0.354. The molecule has 0 aliphatic heterocycles. The first-order chi connectivity index (χ1) is 9.15. The van der Waals surface area contributed by atoms with E-state index in [0.29, 0.717) is 11.1 Å². The molecule has 2 aromatic heterocycles. The van der Waals surface area contributed by atoms with Gasteiger partial charge in [-0.05, 0) is 24.3 Å². The second-order valence-electron chi connectivity index (χ2n) is 3.34. The summed E-state index contributed by atoms with van der Waals surface area (Å²) in [4.78, 5) is 28.6. The molecular formula is C13H13N3O3. The molecule has 0 saturated heterocycles. The number of nitrogens with zero attached hydrogens (tertiary/aromatic N) is 2. The molecule has 0 unspecified atom stereocenters. The highest BCUT2D eigenvalue weighted by molar-refractivity contribution is 5.92. The molecule has 2 N–H and O–H groups in total. The Morgan fingerprint density at radius 2 is 1.58 bits per heavy atom. The number of pyridine rings is 2. The number of primary amides is 1. The van der Waals surface area contributed by atoms with E-state index in [0.717, 1.165) is 0 Å². The number of aromatic nitrogens is 2. The fraction of sp³-hybridized carbons (Fsp3) is 0.0769. The zero-order valence-electron chi connectivity index (χ0n) is 10.3. The number of esters is 1. The first kappa shape index (κ1) is 14.3. The van der Waals surface area contributed by atoms with Crippen LogP contribution in [0.1, 0.15) is 20.7 Å². The second-order valence-corrected chi connectivity index (χ2v) is 3.34. The molecule has 2 aromatic rings. The standard InChI is InChI=1S/C7H7NO2.C6H6N2O/c1-10-7(9)6-3-2-4-8-5-6;7-6(9)5-2-1-3-8-4-5/h2-5H,1H3;1-4H,(H2,7,9). The molecule has 0 spiro atoms. The van der Waals surface area contributed by atoms with Crippen LogP contribution < -0.4 is 5.73 Å². The summed E-state index contributed by atoms with van der Waals surface area (Å²) >= 11 is 0. The lowest BCUT2D eigenvalue weighted by molar-refractivity contribution is 0.0600. The highest BCUT2D eigenvalue weighted by atomic mass is 16.5. The van der Waals surface area contributed by atoms with Crippen LogP contribution in [0.2, 0.25) is 0 Å². The Bertz CT molecular complexity index is 529. The van der Waals surface area contributed by atoms with Crippen molar-refractivity contribution < 1.29 is 14.3 Å². The number of hydrogen-bond acceptors (Lipinski definition) is 5. The van der Waals surface area contributed by atoms with Gasteiger partial charge in [-0.1, -0.05) is 0 Å². The van der Waals surface area contributed by atoms with Crippen LogP contribution in [0.5, 0.6) is 0 Å².